The van der Waals surface area contributed by atoms with Crippen molar-refractivity contribution in [1.29, 1.82) is 0 Å². The largest absolute Gasteiger partial charge is 0.369 e. The summed E-state index contributed by atoms with van der Waals surface area (Å²) in [7, 11) is 0. The average molecular weight is 297 g/mol. The van der Waals surface area contributed by atoms with E-state index in [-0.39, 0.29) is 0 Å². The minimum absolute atomic E-state index is 0.594. The molecule has 0 amide bonds. The minimum atomic E-state index is 0.594. The van der Waals surface area contributed by atoms with Crippen LogP contribution in [0.15, 0.2) is 22.7 Å². The minimum Gasteiger partial charge on any atom is -0.369 e. The molecular formula is C14H21BrN2. The first-order valence-electron chi connectivity index (χ1n) is 6.47. The van der Waals surface area contributed by atoms with Crippen molar-refractivity contribution in [2.24, 2.45) is 5.73 Å². The number of nitrogens with zero attached hydrogens (tertiary/aromatic N) is 1. The number of anilines is 1. The Morgan fingerprint density at radius 3 is 2.88 bits per heavy atom. The topological polar surface area (TPSA) is 29.3 Å². The number of halogens is 1. The third kappa shape index (κ3) is 3.02. The normalized spacial score (nSPS) is 21.4. The summed E-state index contributed by atoms with van der Waals surface area (Å²) in [5.41, 5.74) is 8.19. The van der Waals surface area contributed by atoms with Crippen molar-refractivity contribution in [3.05, 3.63) is 28.2 Å². The van der Waals surface area contributed by atoms with Gasteiger partial charge in [0.2, 0.25) is 0 Å². The van der Waals surface area contributed by atoms with E-state index in [0.29, 0.717) is 12.6 Å². The van der Waals surface area contributed by atoms with E-state index >= 15 is 0 Å². The smallest absolute Gasteiger partial charge is 0.0380 e. The van der Waals surface area contributed by atoms with Crippen molar-refractivity contribution >= 4 is 21.6 Å². The maximum atomic E-state index is 5.69. The highest BCUT2D eigenvalue weighted by Crippen LogP contribution is 2.28. The first kappa shape index (κ1) is 12.9. The van der Waals surface area contributed by atoms with Crippen LogP contribution in [-0.4, -0.2) is 12.6 Å². The van der Waals surface area contributed by atoms with Gasteiger partial charge in [-0.2, -0.15) is 0 Å². The van der Waals surface area contributed by atoms with Crippen LogP contribution >= 0.6 is 15.9 Å². The molecule has 94 valence electrons. The van der Waals surface area contributed by atoms with Crippen LogP contribution in [0.4, 0.5) is 5.69 Å². The van der Waals surface area contributed by atoms with Gasteiger partial charge in [0.05, 0.1) is 0 Å². The Labute approximate surface area is 112 Å². The summed E-state index contributed by atoms with van der Waals surface area (Å²) in [6.07, 6.45) is 5.33. The summed E-state index contributed by atoms with van der Waals surface area (Å²) in [5.74, 6) is 0. The third-order valence-electron chi connectivity index (χ3n) is 3.64. The summed E-state index contributed by atoms with van der Waals surface area (Å²) >= 11 is 3.61. The van der Waals surface area contributed by atoms with Crippen LogP contribution in [0.25, 0.3) is 0 Å². The van der Waals surface area contributed by atoms with E-state index in [9.17, 15) is 0 Å². The molecule has 2 N–H and O–H groups in total. The Morgan fingerprint density at radius 2 is 2.18 bits per heavy atom. The van der Waals surface area contributed by atoms with Crippen LogP contribution in [0.1, 0.15) is 38.2 Å². The fourth-order valence-electron chi connectivity index (χ4n) is 2.54. The van der Waals surface area contributed by atoms with Crippen molar-refractivity contribution in [3.8, 4) is 0 Å². The second-order valence-corrected chi connectivity index (χ2v) is 5.73. The molecule has 0 saturated carbocycles. The molecule has 1 fully saturated rings. The molecule has 1 heterocycles. The van der Waals surface area contributed by atoms with Gasteiger partial charge < -0.3 is 10.6 Å². The van der Waals surface area contributed by atoms with Crippen LogP contribution in [0.2, 0.25) is 0 Å². The summed E-state index contributed by atoms with van der Waals surface area (Å²) in [4.78, 5) is 2.53. The van der Waals surface area contributed by atoms with E-state index in [0.717, 1.165) is 4.47 Å². The molecule has 3 heteroatoms. The lowest BCUT2D eigenvalue weighted by atomic mass is 10.1. The SMILES string of the molecule is CC1CCCCCN1c1ccc(CN)c(Br)c1. The van der Waals surface area contributed by atoms with Gasteiger partial charge in [-0.15, -0.1) is 0 Å². The second-order valence-electron chi connectivity index (χ2n) is 4.87. The van der Waals surface area contributed by atoms with Gasteiger partial charge in [-0.1, -0.05) is 34.8 Å². The number of nitrogens with two attached hydrogens (primary N) is 1. The van der Waals surface area contributed by atoms with Gasteiger partial charge in [0.15, 0.2) is 0 Å². The molecule has 0 radical (unpaired) electrons. The lowest BCUT2D eigenvalue weighted by molar-refractivity contribution is 0.616. The Balaban J connectivity index is 2.22. The molecule has 17 heavy (non-hydrogen) atoms. The maximum absolute atomic E-state index is 5.69. The summed E-state index contributed by atoms with van der Waals surface area (Å²) in [5, 5.41) is 0. The van der Waals surface area contributed by atoms with Gasteiger partial charge in [0.1, 0.15) is 0 Å². The Bertz CT molecular complexity index is 378. The van der Waals surface area contributed by atoms with Crippen molar-refractivity contribution in [2.75, 3.05) is 11.4 Å². The molecule has 0 aliphatic carbocycles. The molecule has 1 aromatic rings. The molecule has 0 aromatic heterocycles. The van der Waals surface area contributed by atoms with Crippen LogP contribution in [-0.2, 0) is 6.54 Å². The molecule has 0 bridgehead atoms. The van der Waals surface area contributed by atoms with Crippen LogP contribution in [0, 0.1) is 0 Å². The van der Waals surface area contributed by atoms with Crippen molar-refractivity contribution in [2.45, 2.75) is 45.2 Å². The zero-order valence-electron chi connectivity index (χ0n) is 10.5. The van der Waals surface area contributed by atoms with E-state index in [1.165, 1.54) is 43.5 Å². The van der Waals surface area contributed by atoms with Crippen molar-refractivity contribution in [1.82, 2.24) is 0 Å². The van der Waals surface area contributed by atoms with Gasteiger partial charge in [0, 0.05) is 29.3 Å². The first-order valence-corrected chi connectivity index (χ1v) is 7.27. The monoisotopic (exact) mass is 296 g/mol. The Hall–Kier alpha value is -0.540. The average Bonchev–Trinajstić information content (AvgIpc) is 2.54. The van der Waals surface area contributed by atoms with E-state index < -0.39 is 0 Å². The second kappa shape index (κ2) is 5.87. The predicted octanol–water partition coefficient (Wildman–Crippen LogP) is 3.68. The van der Waals surface area contributed by atoms with E-state index in [2.05, 4.69) is 46.0 Å². The van der Waals surface area contributed by atoms with E-state index in [1.54, 1.807) is 0 Å². The van der Waals surface area contributed by atoms with Crippen LogP contribution in [0.5, 0.6) is 0 Å². The number of hydrogen-bond acceptors (Lipinski definition) is 2. The lowest BCUT2D eigenvalue weighted by Gasteiger charge is -2.30. The molecule has 1 unspecified atom stereocenters. The Kier molecular flexibility index (Phi) is 4.46. The first-order chi connectivity index (χ1) is 8.22. The number of rotatable bonds is 2. The summed E-state index contributed by atoms with van der Waals surface area (Å²) in [6.45, 7) is 4.10. The molecule has 1 saturated heterocycles. The molecule has 1 atom stereocenters. The zero-order chi connectivity index (χ0) is 12.3. The third-order valence-corrected chi connectivity index (χ3v) is 4.38. The summed E-state index contributed by atoms with van der Waals surface area (Å²) in [6, 6.07) is 7.20. The maximum Gasteiger partial charge on any atom is 0.0380 e. The zero-order valence-corrected chi connectivity index (χ0v) is 12.0. The highest BCUT2D eigenvalue weighted by Gasteiger charge is 2.17. The van der Waals surface area contributed by atoms with Crippen molar-refractivity contribution < 1.29 is 0 Å². The predicted molar refractivity (Wildman–Crippen MR) is 77.3 cm³/mol. The molecule has 2 nitrogen and oxygen atoms in total. The fourth-order valence-corrected chi connectivity index (χ4v) is 3.07. The summed E-state index contributed by atoms with van der Waals surface area (Å²) < 4.78 is 1.13. The Morgan fingerprint density at radius 1 is 1.35 bits per heavy atom. The van der Waals surface area contributed by atoms with Gasteiger partial charge in [-0.3, -0.25) is 0 Å². The van der Waals surface area contributed by atoms with Crippen molar-refractivity contribution in [3.63, 3.8) is 0 Å². The van der Waals surface area contributed by atoms with E-state index in [4.69, 9.17) is 5.73 Å². The molecule has 2 rings (SSSR count). The van der Waals surface area contributed by atoms with Crippen LogP contribution < -0.4 is 10.6 Å². The van der Waals surface area contributed by atoms with Gasteiger partial charge in [0.25, 0.3) is 0 Å². The van der Waals surface area contributed by atoms with Crippen LogP contribution in [0.3, 0.4) is 0 Å². The molecular weight excluding hydrogens is 276 g/mol. The highest BCUT2D eigenvalue weighted by atomic mass is 79.9. The molecule has 1 aliphatic rings. The van der Waals surface area contributed by atoms with Gasteiger partial charge in [-0.05, 0) is 37.5 Å². The fraction of sp³-hybridized carbons (Fsp3) is 0.571. The highest BCUT2D eigenvalue weighted by molar-refractivity contribution is 9.10. The van der Waals surface area contributed by atoms with Gasteiger partial charge in [-0.25, -0.2) is 0 Å². The quantitative estimate of drug-likeness (QED) is 0.902. The van der Waals surface area contributed by atoms with E-state index in [1.807, 2.05) is 0 Å². The molecule has 1 aromatic carbocycles. The molecule has 0 spiro atoms. The standard InChI is InChI=1S/C14H21BrN2/c1-11-5-3-2-4-8-17(11)13-7-6-12(10-16)14(15)9-13/h6-7,9,11H,2-5,8,10,16H2,1H3. The number of benzene rings is 1. The molecule has 1 aliphatic heterocycles. The van der Waals surface area contributed by atoms with Gasteiger partial charge >= 0.3 is 0 Å². The number of hydrogen-bond donors (Lipinski definition) is 1. The lowest BCUT2D eigenvalue weighted by Crippen LogP contribution is -2.32.